The second-order valence-electron chi connectivity index (χ2n) is 4.90. The van der Waals surface area contributed by atoms with E-state index in [1.165, 1.54) is 0 Å². The van der Waals surface area contributed by atoms with E-state index in [1.807, 2.05) is 57.9 Å². The van der Waals surface area contributed by atoms with Crippen LogP contribution in [0.2, 0.25) is 0 Å². The Morgan fingerprint density at radius 2 is 2.15 bits per heavy atom. The van der Waals surface area contributed by atoms with E-state index in [2.05, 4.69) is 0 Å². The van der Waals surface area contributed by atoms with Crippen LogP contribution in [0, 0.1) is 0 Å². The number of hydrogen-bond acceptors (Lipinski definition) is 3. The summed E-state index contributed by atoms with van der Waals surface area (Å²) in [5, 5.41) is 0.370. The molecule has 0 saturated carbocycles. The maximum atomic E-state index is 12.3. The summed E-state index contributed by atoms with van der Waals surface area (Å²) in [7, 11) is 0. The number of rotatable bonds is 3. The molecule has 4 nitrogen and oxygen atoms in total. The predicted octanol–water partition coefficient (Wildman–Crippen LogP) is 2.79. The molecule has 5 heteroatoms. The van der Waals surface area contributed by atoms with Gasteiger partial charge in [0.25, 0.3) is 0 Å². The van der Waals surface area contributed by atoms with Gasteiger partial charge in [-0.25, -0.2) is 0 Å². The van der Waals surface area contributed by atoms with Gasteiger partial charge in [0.15, 0.2) is 0 Å². The van der Waals surface area contributed by atoms with Crippen LogP contribution in [0.25, 0.3) is 0 Å². The third kappa shape index (κ3) is 3.10. The highest BCUT2D eigenvalue weighted by Gasteiger charge is 2.23. The minimum atomic E-state index is 0.196. The minimum Gasteiger partial charge on any atom is -0.468 e. The van der Waals surface area contributed by atoms with E-state index < -0.39 is 0 Å². The van der Waals surface area contributed by atoms with E-state index in [9.17, 15) is 4.79 Å². The van der Waals surface area contributed by atoms with Crippen molar-refractivity contribution in [1.29, 1.82) is 0 Å². The maximum absolute atomic E-state index is 12.3. The number of thioether (sulfide) groups is 1. The molecule has 1 saturated heterocycles. The number of nitrogens with zero attached hydrogens (tertiary/aromatic N) is 2. The number of carbonyl (C=O) groups is 1. The van der Waals surface area contributed by atoms with Gasteiger partial charge in [0, 0.05) is 31.2 Å². The normalized spacial score (nSPS) is 19.8. The summed E-state index contributed by atoms with van der Waals surface area (Å²) in [6, 6.07) is 7.84. The largest absolute Gasteiger partial charge is 0.468 e. The standard InChI is InChI=1S/C15H18N2O2S/c18-15(12-16-6-1-2-7-16)17-8-5-14(20-11-9-17)13-4-3-10-19-13/h1-4,6-7,10,14H,5,8-9,11-12H2. The van der Waals surface area contributed by atoms with Gasteiger partial charge in [-0.2, -0.15) is 0 Å². The van der Waals surface area contributed by atoms with Gasteiger partial charge in [-0.3, -0.25) is 4.79 Å². The van der Waals surface area contributed by atoms with E-state index >= 15 is 0 Å². The van der Waals surface area contributed by atoms with E-state index in [-0.39, 0.29) is 5.91 Å². The van der Waals surface area contributed by atoms with Gasteiger partial charge in [-0.1, -0.05) is 0 Å². The van der Waals surface area contributed by atoms with Crippen LogP contribution in [0.15, 0.2) is 47.3 Å². The Hall–Kier alpha value is -1.62. The van der Waals surface area contributed by atoms with Crippen LogP contribution >= 0.6 is 11.8 Å². The average molecular weight is 290 g/mol. The van der Waals surface area contributed by atoms with Gasteiger partial charge in [0.05, 0.1) is 11.5 Å². The van der Waals surface area contributed by atoms with Gasteiger partial charge in [-0.05, 0) is 30.7 Å². The molecule has 0 N–H and O–H groups in total. The van der Waals surface area contributed by atoms with Crippen molar-refractivity contribution in [2.75, 3.05) is 18.8 Å². The van der Waals surface area contributed by atoms with E-state index in [0.29, 0.717) is 11.8 Å². The van der Waals surface area contributed by atoms with Gasteiger partial charge in [-0.15, -0.1) is 11.8 Å². The Kier molecular flexibility index (Phi) is 4.16. The fraction of sp³-hybridized carbons (Fsp3) is 0.400. The molecule has 20 heavy (non-hydrogen) atoms. The van der Waals surface area contributed by atoms with Crippen LogP contribution in [-0.2, 0) is 11.3 Å². The molecule has 2 aromatic rings. The zero-order chi connectivity index (χ0) is 13.8. The Labute approximate surface area is 122 Å². The van der Waals surface area contributed by atoms with Crippen LogP contribution in [-0.4, -0.2) is 34.2 Å². The lowest BCUT2D eigenvalue weighted by atomic mass is 10.2. The fourth-order valence-electron chi connectivity index (χ4n) is 2.45. The monoisotopic (exact) mass is 290 g/mol. The molecule has 0 bridgehead atoms. The molecular formula is C15H18N2O2S. The zero-order valence-corrected chi connectivity index (χ0v) is 12.1. The molecule has 3 rings (SSSR count). The SMILES string of the molecule is O=C(Cn1cccc1)N1CCSC(c2ccco2)CC1. The molecule has 1 aliphatic heterocycles. The number of carbonyl (C=O) groups excluding carboxylic acids is 1. The molecule has 2 aromatic heterocycles. The van der Waals surface area contributed by atoms with E-state index in [0.717, 1.165) is 31.0 Å². The van der Waals surface area contributed by atoms with Crippen molar-refractivity contribution in [3.05, 3.63) is 48.7 Å². The first-order valence-electron chi connectivity index (χ1n) is 6.86. The van der Waals surface area contributed by atoms with Crippen molar-refractivity contribution in [1.82, 2.24) is 9.47 Å². The van der Waals surface area contributed by atoms with Crippen molar-refractivity contribution in [2.45, 2.75) is 18.2 Å². The second-order valence-corrected chi connectivity index (χ2v) is 6.21. The van der Waals surface area contributed by atoms with Gasteiger partial charge in [0.1, 0.15) is 12.3 Å². The zero-order valence-electron chi connectivity index (χ0n) is 11.3. The van der Waals surface area contributed by atoms with Gasteiger partial charge < -0.3 is 13.9 Å². The predicted molar refractivity (Wildman–Crippen MR) is 79.5 cm³/mol. The molecule has 1 fully saturated rings. The van der Waals surface area contributed by atoms with Crippen LogP contribution in [0.5, 0.6) is 0 Å². The molecule has 1 unspecified atom stereocenters. The molecule has 1 aliphatic rings. The minimum absolute atomic E-state index is 0.196. The number of aromatic nitrogens is 1. The highest BCUT2D eigenvalue weighted by atomic mass is 32.2. The highest BCUT2D eigenvalue weighted by Crippen LogP contribution is 2.34. The lowest BCUT2D eigenvalue weighted by molar-refractivity contribution is -0.131. The second kappa shape index (κ2) is 6.22. The first-order chi connectivity index (χ1) is 9.83. The van der Waals surface area contributed by atoms with Crippen LogP contribution in [0.1, 0.15) is 17.4 Å². The lowest BCUT2D eigenvalue weighted by Crippen LogP contribution is -2.35. The Morgan fingerprint density at radius 3 is 2.90 bits per heavy atom. The number of furan rings is 1. The summed E-state index contributed by atoms with van der Waals surface area (Å²) in [6.45, 7) is 2.06. The number of amides is 1. The summed E-state index contributed by atoms with van der Waals surface area (Å²) in [5.74, 6) is 2.18. The molecular weight excluding hydrogens is 272 g/mol. The van der Waals surface area contributed by atoms with Crippen molar-refractivity contribution < 1.29 is 9.21 Å². The van der Waals surface area contributed by atoms with Crippen LogP contribution in [0.4, 0.5) is 0 Å². The lowest BCUT2D eigenvalue weighted by Gasteiger charge is -2.20. The quantitative estimate of drug-likeness (QED) is 0.872. The topological polar surface area (TPSA) is 38.4 Å². The van der Waals surface area contributed by atoms with Crippen molar-refractivity contribution in [3.8, 4) is 0 Å². The molecule has 0 aromatic carbocycles. The van der Waals surface area contributed by atoms with Crippen molar-refractivity contribution >= 4 is 17.7 Å². The summed E-state index contributed by atoms with van der Waals surface area (Å²) in [5.41, 5.74) is 0. The summed E-state index contributed by atoms with van der Waals surface area (Å²) in [6.07, 6.45) is 6.53. The first-order valence-corrected chi connectivity index (χ1v) is 7.91. The van der Waals surface area contributed by atoms with Crippen molar-refractivity contribution in [3.63, 3.8) is 0 Å². The van der Waals surface area contributed by atoms with Crippen molar-refractivity contribution in [2.24, 2.45) is 0 Å². The number of hydrogen-bond donors (Lipinski definition) is 0. The Balaban J connectivity index is 1.58. The fourth-order valence-corrected chi connectivity index (χ4v) is 3.63. The highest BCUT2D eigenvalue weighted by molar-refractivity contribution is 7.99. The van der Waals surface area contributed by atoms with E-state index in [1.54, 1.807) is 6.26 Å². The molecule has 0 aliphatic carbocycles. The Morgan fingerprint density at radius 1 is 1.30 bits per heavy atom. The van der Waals surface area contributed by atoms with Gasteiger partial charge in [0.2, 0.25) is 5.91 Å². The third-order valence-electron chi connectivity index (χ3n) is 3.54. The molecule has 1 atom stereocenters. The molecule has 0 spiro atoms. The van der Waals surface area contributed by atoms with E-state index in [4.69, 9.17) is 4.42 Å². The third-order valence-corrected chi connectivity index (χ3v) is 4.83. The van der Waals surface area contributed by atoms with Crippen LogP contribution in [0.3, 0.4) is 0 Å². The summed E-state index contributed by atoms with van der Waals surface area (Å²) < 4.78 is 7.40. The average Bonchev–Trinajstić information content (AvgIpc) is 3.09. The maximum Gasteiger partial charge on any atom is 0.242 e. The Bertz CT molecular complexity index is 536. The molecule has 106 valence electrons. The molecule has 0 radical (unpaired) electrons. The summed E-state index contributed by atoms with van der Waals surface area (Å²) in [4.78, 5) is 14.3. The molecule has 3 heterocycles. The van der Waals surface area contributed by atoms with Gasteiger partial charge >= 0.3 is 0 Å². The molecule has 1 amide bonds. The van der Waals surface area contributed by atoms with Crippen LogP contribution < -0.4 is 0 Å². The smallest absolute Gasteiger partial charge is 0.242 e. The summed E-state index contributed by atoms with van der Waals surface area (Å²) >= 11 is 1.88. The first kappa shape index (κ1) is 13.4.